The number of nitrogens with zero attached hydrogens (tertiary/aromatic N) is 4. The second kappa shape index (κ2) is 16.4. The van der Waals surface area contributed by atoms with Gasteiger partial charge in [-0.05, 0) is 54.9 Å². The van der Waals surface area contributed by atoms with Crippen molar-refractivity contribution in [3.8, 4) is 22.6 Å². The molecule has 55 heavy (non-hydrogen) atoms. The zero-order chi connectivity index (χ0) is 40.5. The van der Waals surface area contributed by atoms with Crippen molar-refractivity contribution in [3.05, 3.63) is 83.2 Å². The number of rotatable bonds is 16. The van der Waals surface area contributed by atoms with Gasteiger partial charge in [0.25, 0.3) is 10.0 Å². The van der Waals surface area contributed by atoms with E-state index in [-0.39, 0.29) is 41.2 Å². The minimum absolute atomic E-state index is 0.120. The summed E-state index contributed by atoms with van der Waals surface area (Å²) in [6, 6.07) is 7.46. The number of sulfonamides is 1. The first-order chi connectivity index (χ1) is 25.7. The summed E-state index contributed by atoms with van der Waals surface area (Å²) in [5.74, 6) is -5.35. The molecule has 296 valence electrons. The Bertz CT molecular complexity index is 2340. The number of aromatic nitrogens is 4. The summed E-state index contributed by atoms with van der Waals surface area (Å²) in [5.41, 5.74) is -2.51. The third kappa shape index (κ3) is 9.54. The van der Waals surface area contributed by atoms with E-state index in [4.69, 9.17) is 9.47 Å². The highest BCUT2D eigenvalue weighted by Gasteiger charge is 2.29. The molecule has 2 heterocycles. The van der Waals surface area contributed by atoms with Gasteiger partial charge in [0.15, 0.2) is 17.5 Å². The number of nitrogens with one attached hydrogen (secondary N) is 1. The molecule has 1 N–H and O–H groups in total. The minimum atomic E-state index is -4.78. The molecule has 5 aromatic rings. The van der Waals surface area contributed by atoms with Crippen LogP contribution in [-0.4, -0.2) is 70.2 Å². The summed E-state index contributed by atoms with van der Waals surface area (Å²) in [7, 11) is -6.57. The Morgan fingerprint density at radius 1 is 0.891 bits per heavy atom. The lowest BCUT2D eigenvalue weighted by molar-refractivity contribution is 0.0599. The molecule has 18 heteroatoms. The van der Waals surface area contributed by atoms with Crippen molar-refractivity contribution in [2.75, 3.05) is 25.0 Å². The highest BCUT2D eigenvalue weighted by molar-refractivity contribution is 7.92. The number of carbonyl (C=O) groups is 1. The lowest BCUT2D eigenvalue weighted by atomic mass is 10.0. The van der Waals surface area contributed by atoms with E-state index in [0.29, 0.717) is 25.1 Å². The molecule has 5 rings (SSSR count). The van der Waals surface area contributed by atoms with Crippen LogP contribution in [0.25, 0.3) is 33.5 Å². The van der Waals surface area contributed by atoms with Gasteiger partial charge < -0.3 is 18.8 Å². The van der Waals surface area contributed by atoms with Crippen LogP contribution in [0.1, 0.15) is 15.9 Å². The number of halogens is 4. The van der Waals surface area contributed by atoms with Crippen LogP contribution < -0.4 is 4.72 Å². The maximum Gasteiger partial charge on any atom is 0.338 e. The van der Waals surface area contributed by atoms with E-state index < -0.39 is 77.1 Å². The summed E-state index contributed by atoms with van der Waals surface area (Å²) in [5, 5.41) is 4.95. The highest BCUT2D eigenvalue weighted by atomic mass is 32.2. The van der Waals surface area contributed by atoms with Crippen molar-refractivity contribution in [3.63, 3.8) is 0 Å². The van der Waals surface area contributed by atoms with E-state index in [9.17, 15) is 17.6 Å². The van der Waals surface area contributed by atoms with E-state index in [1.165, 1.54) is 23.7 Å². The Balaban J connectivity index is 1.58. The molecule has 0 atom stereocenters. The van der Waals surface area contributed by atoms with Gasteiger partial charge >= 0.3 is 5.97 Å². The second-order valence-electron chi connectivity index (χ2n) is 15.5. The molecule has 0 saturated heterocycles. The standard InChI is InChI=1S/C37H45F4N5O6SSi2/c1-23-27(37(47)50-2)19-24(38)20-30(23)53(48,49)44-29-12-11-28(39)31(33(29)41)25-9-10-26-34(36-42-13-14-45(36)21-51-15-17-54(3,4)5)43-46(35(26)32(25)40)22-52-16-18-55(6,7)8/h9-14,19-20,44H,15-18,21-22H2,1-8H3. The number of hydrogen-bond donors (Lipinski definition) is 1. The van der Waals surface area contributed by atoms with Gasteiger partial charge in [-0.15, -0.1) is 0 Å². The fourth-order valence-corrected chi connectivity index (χ4v) is 8.57. The van der Waals surface area contributed by atoms with Crippen LogP contribution in [0, 0.1) is 30.2 Å². The van der Waals surface area contributed by atoms with Gasteiger partial charge in [-0.25, -0.2) is 40.4 Å². The Hall–Kier alpha value is -4.37. The van der Waals surface area contributed by atoms with Crippen LogP contribution in [0.5, 0.6) is 0 Å². The molecule has 0 saturated carbocycles. The summed E-state index contributed by atoms with van der Waals surface area (Å²) < 4.78 is 112. The summed E-state index contributed by atoms with van der Waals surface area (Å²) in [4.78, 5) is 16.0. The summed E-state index contributed by atoms with van der Waals surface area (Å²) in [6.45, 7) is 15.5. The minimum Gasteiger partial charge on any atom is -0.465 e. The number of imidazole rings is 1. The number of carbonyl (C=O) groups excluding carboxylic acids is 1. The van der Waals surface area contributed by atoms with Crippen molar-refractivity contribution in [2.24, 2.45) is 0 Å². The van der Waals surface area contributed by atoms with Crippen molar-refractivity contribution in [1.82, 2.24) is 19.3 Å². The molecule has 0 aliphatic rings. The van der Waals surface area contributed by atoms with Crippen LogP contribution in [-0.2, 0) is 37.7 Å². The largest absolute Gasteiger partial charge is 0.465 e. The molecule has 0 amide bonds. The molecular weight excluding hydrogens is 775 g/mol. The van der Waals surface area contributed by atoms with Crippen molar-refractivity contribution < 1.29 is 45.0 Å². The highest BCUT2D eigenvalue weighted by Crippen LogP contribution is 2.38. The third-order valence-electron chi connectivity index (χ3n) is 8.84. The second-order valence-corrected chi connectivity index (χ2v) is 28.4. The summed E-state index contributed by atoms with van der Waals surface area (Å²) >= 11 is 0. The van der Waals surface area contributed by atoms with Gasteiger partial charge in [-0.1, -0.05) is 45.3 Å². The number of ether oxygens (including phenoxy) is 3. The SMILES string of the molecule is COC(=O)c1cc(F)cc(S(=O)(=O)Nc2ccc(F)c(-c3ccc4c(-c5nccn5COCC[Si](C)(C)C)nn(COCC[Si](C)(C)C)c4c3F)c2F)c1C. The Morgan fingerprint density at radius 2 is 1.55 bits per heavy atom. The van der Waals surface area contributed by atoms with Gasteiger partial charge in [-0.2, -0.15) is 5.10 Å². The molecule has 0 unspecified atom stereocenters. The molecule has 0 spiro atoms. The maximum absolute atomic E-state index is 16.9. The molecule has 0 bridgehead atoms. The van der Waals surface area contributed by atoms with Crippen molar-refractivity contribution in [1.29, 1.82) is 0 Å². The van der Waals surface area contributed by atoms with Crippen LogP contribution in [0.4, 0.5) is 23.2 Å². The van der Waals surface area contributed by atoms with Crippen LogP contribution in [0.2, 0.25) is 51.4 Å². The molecule has 0 aliphatic carbocycles. The predicted molar refractivity (Wildman–Crippen MR) is 208 cm³/mol. The molecular formula is C37H45F4N5O6SSi2. The quantitative estimate of drug-likeness (QED) is 0.0454. The van der Waals surface area contributed by atoms with E-state index >= 15 is 13.2 Å². The number of fused-ring (bicyclic) bond motifs is 1. The number of benzene rings is 3. The monoisotopic (exact) mass is 819 g/mol. The normalized spacial score (nSPS) is 12.4. The predicted octanol–water partition coefficient (Wildman–Crippen LogP) is 8.64. The zero-order valence-electron chi connectivity index (χ0n) is 32.0. The maximum atomic E-state index is 16.9. The molecule has 0 radical (unpaired) electrons. The van der Waals surface area contributed by atoms with Gasteiger partial charge in [-0.3, -0.25) is 4.72 Å². The Kier molecular flexibility index (Phi) is 12.5. The lowest BCUT2D eigenvalue weighted by Crippen LogP contribution is -2.22. The van der Waals surface area contributed by atoms with E-state index in [1.54, 1.807) is 17.0 Å². The molecule has 0 fully saturated rings. The van der Waals surface area contributed by atoms with E-state index in [2.05, 4.69) is 54.1 Å². The van der Waals surface area contributed by atoms with Crippen LogP contribution in [0.3, 0.4) is 0 Å². The fourth-order valence-electron chi connectivity index (χ4n) is 5.72. The molecule has 11 nitrogen and oxygen atoms in total. The van der Waals surface area contributed by atoms with E-state index in [1.807, 2.05) is 4.72 Å². The zero-order valence-corrected chi connectivity index (χ0v) is 34.8. The number of esters is 1. The van der Waals surface area contributed by atoms with Gasteiger partial charge in [0, 0.05) is 52.7 Å². The van der Waals surface area contributed by atoms with Gasteiger partial charge in [0.2, 0.25) is 0 Å². The van der Waals surface area contributed by atoms with Crippen molar-refractivity contribution >= 4 is 48.7 Å². The molecule has 3 aromatic carbocycles. The number of anilines is 1. The molecule has 0 aliphatic heterocycles. The average molecular weight is 820 g/mol. The van der Waals surface area contributed by atoms with Crippen molar-refractivity contribution in [2.45, 2.75) is 76.7 Å². The first kappa shape index (κ1) is 41.8. The fraction of sp³-hybridized carbons (Fsp3) is 0.378. The first-order valence-electron chi connectivity index (χ1n) is 17.5. The van der Waals surface area contributed by atoms with E-state index in [0.717, 1.165) is 37.4 Å². The molecule has 2 aromatic heterocycles. The van der Waals surface area contributed by atoms with Crippen LogP contribution in [0.15, 0.2) is 53.7 Å². The van der Waals surface area contributed by atoms with Crippen LogP contribution >= 0.6 is 0 Å². The van der Waals surface area contributed by atoms with Gasteiger partial charge in [0.05, 0.1) is 28.8 Å². The Labute approximate surface area is 319 Å². The smallest absolute Gasteiger partial charge is 0.338 e. The number of hydrogen-bond acceptors (Lipinski definition) is 8. The number of methoxy groups -OCH3 is 1. The summed E-state index contributed by atoms with van der Waals surface area (Å²) in [6.07, 6.45) is 3.28. The van der Waals surface area contributed by atoms with Gasteiger partial charge in [0.1, 0.15) is 36.3 Å². The topological polar surface area (TPSA) is 127 Å². The Morgan fingerprint density at radius 3 is 2.18 bits per heavy atom. The third-order valence-corrected chi connectivity index (χ3v) is 13.7. The first-order valence-corrected chi connectivity index (χ1v) is 26.4. The lowest BCUT2D eigenvalue weighted by Gasteiger charge is -2.16. The average Bonchev–Trinajstić information content (AvgIpc) is 3.71.